The minimum atomic E-state index is 0. The van der Waals surface area contributed by atoms with Crippen molar-refractivity contribution in [1.82, 2.24) is 0 Å². The molecule has 0 unspecified atom stereocenters. The van der Waals surface area contributed by atoms with Crippen molar-refractivity contribution >= 4 is 65.1 Å². The van der Waals surface area contributed by atoms with Crippen LogP contribution in [0.5, 0.6) is 0 Å². The van der Waals surface area contributed by atoms with Crippen molar-refractivity contribution in [3.8, 4) is 0 Å². The summed E-state index contributed by atoms with van der Waals surface area (Å²) in [5.74, 6) is 0. The summed E-state index contributed by atoms with van der Waals surface area (Å²) in [5, 5.41) is 0. The summed E-state index contributed by atoms with van der Waals surface area (Å²) in [6.45, 7) is 0. The minimum absolute atomic E-state index is 0. The van der Waals surface area contributed by atoms with Gasteiger partial charge in [-0.05, 0) is 0 Å². The molecule has 0 heterocycles. The molecule has 0 aliphatic rings. The van der Waals surface area contributed by atoms with E-state index in [9.17, 15) is 0 Å². The average Bonchev–Trinajstić information content (AvgIpc) is 1.00. The second kappa shape index (κ2) is 16.5. The van der Waals surface area contributed by atoms with E-state index in [1.165, 1.54) is 0 Å². The van der Waals surface area contributed by atoms with Gasteiger partial charge in [-0.1, -0.05) is 0 Å². The second-order valence-corrected chi connectivity index (χ2v) is 0. The van der Waals surface area contributed by atoms with Gasteiger partial charge in [-0.2, -0.15) is 0 Å². The maximum absolute atomic E-state index is 8.28. The summed E-state index contributed by atoms with van der Waals surface area (Å²) < 4.78 is 8.28. The molecule has 0 aromatic heterocycles. The summed E-state index contributed by atoms with van der Waals surface area (Å²) in [7, 11) is 0. The van der Waals surface area contributed by atoms with Crippen molar-refractivity contribution in [2.24, 2.45) is 0 Å². The first-order chi connectivity index (χ1) is 1.00. The molecule has 4 heavy (non-hydrogen) atoms. The van der Waals surface area contributed by atoms with E-state index in [4.69, 9.17) is 3.80 Å². The maximum atomic E-state index is 8.28. The number of hydrogen-bond donors (Lipinski definition) is 0. The van der Waals surface area contributed by atoms with Gasteiger partial charge in [-0.15, -0.1) is 0 Å². The average molecular weight is 322 g/mol. The van der Waals surface area contributed by atoms with Crippen molar-refractivity contribution in [3.63, 3.8) is 0 Å². The zero-order valence-corrected chi connectivity index (χ0v) is 6.73. The van der Waals surface area contributed by atoms with Gasteiger partial charge >= 0.3 is 68.9 Å². The summed E-state index contributed by atoms with van der Waals surface area (Å²) in [6, 6.07) is 0. The fourth-order valence-electron chi connectivity index (χ4n) is 0. The van der Waals surface area contributed by atoms with Crippen LogP contribution in [0, 0.1) is 35.6 Å². The van der Waals surface area contributed by atoms with Crippen LogP contribution < -0.4 is 0 Å². The van der Waals surface area contributed by atoms with Gasteiger partial charge in [0.1, 0.15) is 0 Å². The van der Waals surface area contributed by atoms with Crippen LogP contribution in [0.2, 0.25) is 0 Å². The molecule has 0 N–H and O–H groups in total. The Balaban J connectivity index is -0.00000000500. The van der Waals surface area contributed by atoms with E-state index in [2.05, 4.69) is 0 Å². The Morgan fingerprint density at radius 1 is 1.25 bits per heavy atom. The van der Waals surface area contributed by atoms with Crippen molar-refractivity contribution in [1.29, 1.82) is 0 Å². The van der Waals surface area contributed by atoms with E-state index < -0.39 is 0 Å². The predicted molar refractivity (Wildman–Crippen MR) is 16.4 cm³/mol. The Bertz CT molecular complexity index is 8.00. The SMILES string of the molecule is [BaH2].[La].[O]=[AlH]. The molecule has 0 rings (SSSR count). The third-order valence-corrected chi connectivity index (χ3v) is 0. The molecule has 17 valence electrons. The molecule has 0 aromatic carbocycles. The van der Waals surface area contributed by atoms with E-state index in [-0.39, 0.29) is 84.5 Å². The van der Waals surface area contributed by atoms with Crippen molar-refractivity contribution in [3.05, 3.63) is 0 Å². The molecule has 0 amide bonds. The third-order valence-electron chi connectivity index (χ3n) is 0. The molecule has 0 saturated heterocycles. The molecular formula is H3AlBaLaO. The zero-order valence-electron chi connectivity index (χ0n) is 1.69. The molecule has 0 aliphatic heterocycles. The molecule has 1 nitrogen and oxygen atoms in total. The monoisotopic (exact) mass is 323 g/mol. The first kappa shape index (κ1) is 15.7. The molecule has 0 aromatic rings. The number of rotatable bonds is 0. The van der Waals surface area contributed by atoms with Crippen LogP contribution in [0.25, 0.3) is 0 Å². The van der Waals surface area contributed by atoms with Gasteiger partial charge in [0.25, 0.3) is 0 Å². The topological polar surface area (TPSA) is 17.1 Å². The van der Waals surface area contributed by atoms with Crippen LogP contribution in [0.1, 0.15) is 0 Å². The van der Waals surface area contributed by atoms with Crippen LogP contribution in [0.3, 0.4) is 0 Å². The molecule has 1 radical (unpaired) electrons. The van der Waals surface area contributed by atoms with Gasteiger partial charge in [0.2, 0.25) is 0 Å². The van der Waals surface area contributed by atoms with Gasteiger partial charge < -0.3 is 0 Å². The Hall–Kier alpha value is 3.10. The van der Waals surface area contributed by atoms with Gasteiger partial charge in [0.15, 0.2) is 0 Å². The standard InChI is InChI=1S/Al.Ba.La.O.3H. The van der Waals surface area contributed by atoms with Gasteiger partial charge in [0, 0.05) is 35.6 Å². The van der Waals surface area contributed by atoms with Crippen LogP contribution >= 0.6 is 0 Å². The van der Waals surface area contributed by atoms with Gasteiger partial charge in [-0.3, -0.25) is 0 Å². The molecule has 0 aliphatic carbocycles. The fraction of sp³-hybridized carbons (Fsp3) is 0. The number of hydrogen-bond acceptors (Lipinski definition) is 1. The normalized spacial score (nSPS) is 0.750. The Morgan fingerprint density at radius 2 is 1.25 bits per heavy atom. The summed E-state index contributed by atoms with van der Waals surface area (Å²) in [5.41, 5.74) is 0. The quantitative estimate of drug-likeness (QED) is 0.487. The summed E-state index contributed by atoms with van der Waals surface area (Å²) >= 11 is 0.611. The van der Waals surface area contributed by atoms with Gasteiger partial charge in [0.05, 0.1) is 0 Å². The third kappa shape index (κ3) is 8.92. The van der Waals surface area contributed by atoms with Crippen molar-refractivity contribution in [2.45, 2.75) is 0 Å². The second-order valence-electron chi connectivity index (χ2n) is 0. The molecule has 0 atom stereocenters. The first-order valence-electron chi connectivity index (χ1n) is 0.289. The van der Waals surface area contributed by atoms with Crippen LogP contribution in [-0.2, 0) is 3.80 Å². The van der Waals surface area contributed by atoms with E-state index >= 15 is 0 Å². The molecule has 0 spiro atoms. The van der Waals surface area contributed by atoms with E-state index in [0.717, 1.165) is 0 Å². The Kier molecular flexibility index (Phi) is 64.9. The van der Waals surface area contributed by atoms with E-state index in [0.29, 0.717) is 16.2 Å². The van der Waals surface area contributed by atoms with Crippen LogP contribution in [0.15, 0.2) is 0 Å². The van der Waals surface area contributed by atoms with Crippen LogP contribution in [-0.4, -0.2) is 65.1 Å². The Labute approximate surface area is 102 Å². The molecular weight excluding hydrogens is 319 g/mol. The van der Waals surface area contributed by atoms with Gasteiger partial charge in [-0.25, -0.2) is 0 Å². The molecule has 0 saturated carbocycles. The summed E-state index contributed by atoms with van der Waals surface area (Å²) in [4.78, 5) is 0. The van der Waals surface area contributed by atoms with Crippen LogP contribution in [0.4, 0.5) is 0 Å². The predicted octanol–water partition coefficient (Wildman–Crippen LogP) is -1.68. The van der Waals surface area contributed by atoms with E-state index in [1.807, 2.05) is 0 Å². The summed E-state index contributed by atoms with van der Waals surface area (Å²) in [6.07, 6.45) is 0. The zero-order chi connectivity index (χ0) is 2.00. The first-order valence-corrected chi connectivity index (χ1v) is 0.866. The fourth-order valence-corrected chi connectivity index (χ4v) is 0. The molecule has 0 fully saturated rings. The van der Waals surface area contributed by atoms with E-state index in [1.54, 1.807) is 0 Å². The van der Waals surface area contributed by atoms with Crippen molar-refractivity contribution < 1.29 is 39.4 Å². The molecule has 0 bridgehead atoms. The molecule has 4 heteroatoms. The van der Waals surface area contributed by atoms with Crippen molar-refractivity contribution in [2.75, 3.05) is 0 Å². The Morgan fingerprint density at radius 3 is 1.25 bits per heavy atom.